The Labute approximate surface area is 163 Å². The first-order chi connectivity index (χ1) is 12.4. The molecule has 0 bridgehead atoms. The fourth-order valence-corrected chi connectivity index (χ4v) is 3.71. The van der Waals surface area contributed by atoms with Crippen LogP contribution in [0.25, 0.3) is 0 Å². The molecule has 1 amide bonds. The number of amides is 1. The molecule has 1 aliphatic rings. The summed E-state index contributed by atoms with van der Waals surface area (Å²) in [5.41, 5.74) is 2.26. The highest BCUT2D eigenvalue weighted by Crippen LogP contribution is 2.26. The Morgan fingerprint density at radius 3 is 2.62 bits per heavy atom. The highest BCUT2D eigenvalue weighted by molar-refractivity contribution is 6.31. The van der Waals surface area contributed by atoms with Crippen molar-refractivity contribution in [2.24, 2.45) is 5.92 Å². The molecule has 3 nitrogen and oxygen atoms in total. The zero-order valence-electron chi connectivity index (χ0n) is 14.6. The Kier molecular flexibility index (Phi) is 6.17. The van der Waals surface area contributed by atoms with Gasteiger partial charge < -0.3 is 5.32 Å². The van der Waals surface area contributed by atoms with Gasteiger partial charge in [-0.3, -0.25) is 9.69 Å². The summed E-state index contributed by atoms with van der Waals surface area (Å²) in [4.78, 5) is 14.7. The van der Waals surface area contributed by atoms with Crippen LogP contribution >= 0.6 is 23.2 Å². The van der Waals surface area contributed by atoms with Gasteiger partial charge in [0.05, 0.1) is 0 Å². The Bertz CT molecular complexity index is 784. The number of benzene rings is 2. The molecule has 1 aliphatic heterocycles. The molecule has 0 radical (unpaired) electrons. The Hall–Kier alpha value is -1.62. The largest absolute Gasteiger partial charge is 0.326 e. The molecule has 3 rings (SSSR count). The molecule has 1 saturated heterocycles. The van der Waals surface area contributed by atoms with Crippen LogP contribution in [0.1, 0.15) is 24.0 Å². The van der Waals surface area contributed by atoms with Crippen LogP contribution in [0.2, 0.25) is 10.0 Å². The quantitative estimate of drug-likeness (QED) is 0.763. The van der Waals surface area contributed by atoms with Crippen LogP contribution in [0.15, 0.2) is 36.4 Å². The second kappa shape index (κ2) is 8.38. The van der Waals surface area contributed by atoms with Gasteiger partial charge in [0.2, 0.25) is 5.91 Å². The van der Waals surface area contributed by atoms with E-state index < -0.39 is 0 Å². The third kappa shape index (κ3) is 4.56. The number of carbonyl (C=O) groups is 1. The van der Waals surface area contributed by atoms with E-state index in [2.05, 4.69) is 10.2 Å². The highest BCUT2D eigenvalue weighted by atomic mass is 35.5. The minimum Gasteiger partial charge on any atom is -0.326 e. The molecule has 0 saturated carbocycles. The van der Waals surface area contributed by atoms with E-state index in [4.69, 9.17) is 23.2 Å². The summed E-state index contributed by atoms with van der Waals surface area (Å²) in [6, 6.07) is 10.2. The van der Waals surface area contributed by atoms with E-state index in [9.17, 15) is 9.18 Å². The van der Waals surface area contributed by atoms with E-state index in [0.717, 1.165) is 37.2 Å². The Balaban J connectivity index is 1.55. The molecule has 0 unspecified atom stereocenters. The van der Waals surface area contributed by atoms with Crippen LogP contribution in [0.5, 0.6) is 0 Å². The van der Waals surface area contributed by atoms with Crippen molar-refractivity contribution in [1.29, 1.82) is 0 Å². The van der Waals surface area contributed by atoms with Crippen LogP contribution in [0.3, 0.4) is 0 Å². The molecule has 2 aromatic rings. The molecule has 2 aromatic carbocycles. The summed E-state index contributed by atoms with van der Waals surface area (Å²) in [5.74, 6) is -0.299. The summed E-state index contributed by atoms with van der Waals surface area (Å²) in [7, 11) is 0. The van der Waals surface area contributed by atoms with Crippen molar-refractivity contribution in [2.75, 3.05) is 18.4 Å². The van der Waals surface area contributed by atoms with E-state index in [0.29, 0.717) is 22.2 Å². The summed E-state index contributed by atoms with van der Waals surface area (Å²) >= 11 is 12.1. The zero-order valence-corrected chi connectivity index (χ0v) is 16.1. The van der Waals surface area contributed by atoms with E-state index in [1.807, 2.05) is 19.1 Å². The number of aryl methyl sites for hydroxylation is 1. The first-order valence-electron chi connectivity index (χ1n) is 8.66. The van der Waals surface area contributed by atoms with Gasteiger partial charge in [-0.1, -0.05) is 29.3 Å². The number of piperidine rings is 1. The number of hydrogen-bond donors (Lipinski definition) is 1. The summed E-state index contributed by atoms with van der Waals surface area (Å²) < 4.78 is 13.9. The number of anilines is 1. The summed E-state index contributed by atoms with van der Waals surface area (Å²) in [5, 5.41) is 4.09. The maximum absolute atomic E-state index is 13.9. The van der Waals surface area contributed by atoms with E-state index >= 15 is 0 Å². The third-order valence-electron chi connectivity index (χ3n) is 4.85. The monoisotopic (exact) mass is 394 g/mol. The lowest BCUT2D eigenvalue weighted by Crippen LogP contribution is -2.38. The molecule has 1 N–H and O–H groups in total. The van der Waals surface area contributed by atoms with Crippen molar-refractivity contribution in [2.45, 2.75) is 26.3 Å². The van der Waals surface area contributed by atoms with Gasteiger partial charge in [-0.2, -0.15) is 0 Å². The van der Waals surface area contributed by atoms with Crippen LogP contribution in [0.4, 0.5) is 10.1 Å². The van der Waals surface area contributed by atoms with Gasteiger partial charge >= 0.3 is 0 Å². The van der Waals surface area contributed by atoms with Crippen molar-refractivity contribution in [3.63, 3.8) is 0 Å². The summed E-state index contributed by atoms with van der Waals surface area (Å²) in [6.07, 6.45) is 1.48. The lowest BCUT2D eigenvalue weighted by molar-refractivity contribution is -0.121. The number of hydrogen-bond acceptors (Lipinski definition) is 2. The second-order valence-electron chi connectivity index (χ2n) is 6.70. The van der Waals surface area contributed by atoms with E-state index in [1.54, 1.807) is 18.2 Å². The molecule has 0 aliphatic carbocycles. The predicted molar refractivity (Wildman–Crippen MR) is 104 cm³/mol. The minimum absolute atomic E-state index is 0.0268. The first-order valence-corrected chi connectivity index (χ1v) is 9.42. The minimum atomic E-state index is -0.282. The number of rotatable bonds is 4. The Morgan fingerprint density at radius 2 is 1.96 bits per heavy atom. The predicted octanol–water partition coefficient (Wildman–Crippen LogP) is 5.29. The maximum atomic E-state index is 13.9. The molecule has 0 atom stereocenters. The van der Waals surface area contributed by atoms with Gasteiger partial charge in [-0.25, -0.2) is 4.39 Å². The highest BCUT2D eigenvalue weighted by Gasteiger charge is 2.26. The third-order valence-corrected chi connectivity index (χ3v) is 5.44. The van der Waals surface area contributed by atoms with Crippen LogP contribution in [-0.2, 0) is 11.3 Å². The fourth-order valence-electron chi connectivity index (χ4n) is 3.26. The normalized spacial score (nSPS) is 15.8. The van der Waals surface area contributed by atoms with Crippen molar-refractivity contribution < 1.29 is 9.18 Å². The standard InChI is InChI=1S/C20H21Cl2FN2O/c1-13-11-15(21)5-6-19(13)24-20(26)14-7-9-25(10-8-14)12-16-17(22)3-2-4-18(16)23/h2-6,11,14H,7-10,12H2,1H3,(H,24,26). The molecule has 26 heavy (non-hydrogen) atoms. The van der Waals surface area contributed by atoms with Crippen molar-refractivity contribution >= 4 is 34.8 Å². The van der Waals surface area contributed by atoms with Gasteiger partial charge in [0.15, 0.2) is 0 Å². The topological polar surface area (TPSA) is 32.3 Å². The van der Waals surface area contributed by atoms with Crippen molar-refractivity contribution in [3.8, 4) is 0 Å². The molecule has 0 aromatic heterocycles. The molecular weight excluding hydrogens is 374 g/mol. The number of likely N-dealkylation sites (tertiary alicyclic amines) is 1. The van der Waals surface area contributed by atoms with Gasteiger partial charge in [0.25, 0.3) is 0 Å². The van der Waals surface area contributed by atoms with Gasteiger partial charge in [-0.05, 0) is 68.8 Å². The zero-order chi connectivity index (χ0) is 18.7. The van der Waals surface area contributed by atoms with Gasteiger partial charge in [0.1, 0.15) is 5.82 Å². The molecule has 138 valence electrons. The number of halogens is 3. The van der Waals surface area contributed by atoms with Crippen LogP contribution in [-0.4, -0.2) is 23.9 Å². The van der Waals surface area contributed by atoms with Crippen LogP contribution < -0.4 is 5.32 Å². The van der Waals surface area contributed by atoms with Gasteiger partial charge in [0, 0.05) is 33.8 Å². The van der Waals surface area contributed by atoms with Gasteiger partial charge in [-0.15, -0.1) is 0 Å². The smallest absolute Gasteiger partial charge is 0.227 e. The lowest BCUT2D eigenvalue weighted by Gasteiger charge is -2.31. The van der Waals surface area contributed by atoms with Crippen LogP contribution in [0, 0.1) is 18.7 Å². The molecule has 1 fully saturated rings. The molecule has 1 heterocycles. The number of nitrogens with zero attached hydrogens (tertiary/aromatic N) is 1. The maximum Gasteiger partial charge on any atom is 0.227 e. The molecule has 6 heteroatoms. The average molecular weight is 395 g/mol. The molecule has 0 spiro atoms. The number of carbonyl (C=O) groups excluding carboxylic acids is 1. The van der Waals surface area contributed by atoms with Crippen molar-refractivity contribution in [3.05, 3.63) is 63.4 Å². The summed E-state index contributed by atoms with van der Waals surface area (Å²) in [6.45, 7) is 3.86. The molecular formula is C20H21Cl2FN2O. The first kappa shape index (κ1) is 19.2. The average Bonchev–Trinajstić information content (AvgIpc) is 2.61. The van der Waals surface area contributed by atoms with E-state index in [1.165, 1.54) is 6.07 Å². The van der Waals surface area contributed by atoms with Crippen molar-refractivity contribution in [1.82, 2.24) is 4.90 Å². The SMILES string of the molecule is Cc1cc(Cl)ccc1NC(=O)C1CCN(Cc2c(F)cccc2Cl)CC1. The van der Waals surface area contributed by atoms with E-state index in [-0.39, 0.29) is 17.6 Å². The number of nitrogens with one attached hydrogen (secondary N) is 1. The fraction of sp³-hybridized carbons (Fsp3) is 0.350. The lowest BCUT2D eigenvalue weighted by atomic mass is 9.95. The Morgan fingerprint density at radius 1 is 1.23 bits per heavy atom. The second-order valence-corrected chi connectivity index (χ2v) is 7.54.